The molecule has 0 fully saturated rings. The zero-order chi connectivity index (χ0) is 18.9. The zero-order valence-corrected chi connectivity index (χ0v) is 15.5. The van der Waals surface area contributed by atoms with E-state index in [-0.39, 0.29) is 30.7 Å². The number of nitrogens with one attached hydrogen (secondary N) is 2. The summed E-state index contributed by atoms with van der Waals surface area (Å²) in [6, 6.07) is 7.67. The van der Waals surface area contributed by atoms with Gasteiger partial charge in [-0.2, -0.15) is 0 Å². The summed E-state index contributed by atoms with van der Waals surface area (Å²) < 4.78 is 0. The minimum atomic E-state index is -0.158. The number of carbonyl (C=O) groups excluding carboxylic acids is 2. The summed E-state index contributed by atoms with van der Waals surface area (Å²) in [7, 11) is 0. The van der Waals surface area contributed by atoms with Gasteiger partial charge >= 0.3 is 0 Å². The maximum atomic E-state index is 12.2. The molecule has 2 aromatic rings. The predicted molar refractivity (Wildman–Crippen MR) is 102 cm³/mol. The van der Waals surface area contributed by atoms with Crippen molar-refractivity contribution in [2.45, 2.75) is 52.0 Å². The molecule has 2 amide bonds. The lowest BCUT2D eigenvalue weighted by atomic mass is 10.0. The largest absolute Gasteiger partial charge is 0.353 e. The molecule has 1 atom stereocenters. The summed E-state index contributed by atoms with van der Waals surface area (Å²) in [5.41, 5.74) is 2.72. The molecule has 1 heterocycles. The Morgan fingerprint density at radius 2 is 1.77 bits per heavy atom. The Balaban J connectivity index is 1.77. The van der Waals surface area contributed by atoms with Gasteiger partial charge in [0.05, 0.1) is 5.69 Å². The van der Waals surface area contributed by atoms with Gasteiger partial charge in [-0.05, 0) is 24.5 Å². The number of benzene rings is 1. The molecule has 6 heteroatoms. The van der Waals surface area contributed by atoms with Crippen molar-refractivity contribution in [1.82, 2.24) is 15.3 Å². The number of nitrogens with zero attached hydrogens (tertiary/aromatic N) is 2. The molecule has 0 saturated carbocycles. The average Bonchev–Trinajstić information content (AvgIpc) is 2.61. The van der Waals surface area contributed by atoms with Gasteiger partial charge in [-0.15, -0.1) is 0 Å². The van der Waals surface area contributed by atoms with Gasteiger partial charge in [-0.25, -0.2) is 0 Å². The van der Waals surface area contributed by atoms with Crippen LogP contribution in [0.5, 0.6) is 0 Å². The molecule has 0 aliphatic rings. The summed E-state index contributed by atoms with van der Waals surface area (Å²) in [5.74, 6) is 0.0141. The molecule has 0 bridgehead atoms. The SMILES string of the molecule is CC(Cc1cnccn1)NC(=O)CCC(=O)Nc1ccccc1C(C)C. The molecule has 0 saturated heterocycles. The van der Waals surface area contributed by atoms with E-state index in [2.05, 4.69) is 34.4 Å². The van der Waals surface area contributed by atoms with E-state index in [0.717, 1.165) is 16.9 Å². The fourth-order valence-corrected chi connectivity index (χ4v) is 2.70. The lowest BCUT2D eigenvalue weighted by Gasteiger charge is -2.15. The van der Waals surface area contributed by atoms with Crippen LogP contribution in [0, 0.1) is 0 Å². The Morgan fingerprint density at radius 3 is 2.46 bits per heavy atom. The van der Waals surface area contributed by atoms with Crippen molar-refractivity contribution < 1.29 is 9.59 Å². The van der Waals surface area contributed by atoms with E-state index in [9.17, 15) is 9.59 Å². The number of hydrogen-bond acceptors (Lipinski definition) is 4. The van der Waals surface area contributed by atoms with Crippen molar-refractivity contribution >= 4 is 17.5 Å². The van der Waals surface area contributed by atoms with Crippen LogP contribution in [0.2, 0.25) is 0 Å². The number of carbonyl (C=O) groups is 2. The highest BCUT2D eigenvalue weighted by atomic mass is 16.2. The molecule has 0 aliphatic heterocycles. The smallest absolute Gasteiger partial charge is 0.224 e. The molecule has 6 nitrogen and oxygen atoms in total. The van der Waals surface area contributed by atoms with E-state index in [4.69, 9.17) is 0 Å². The van der Waals surface area contributed by atoms with Crippen LogP contribution in [0.3, 0.4) is 0 Å². The van der Waals surface area contributed by atoms with Gasteiger partial charge in [0.2, 0.25) is 11.8 Å². The van der Waals surface area contributed by atoms with E-state index in [1.807, 2.05) is 31.2 Å². The van der Waals surface area contributed by atoms with E-state index in [1.54, 1.807) is 18.6 Å². The maximum absolute atomic E-state index is 12.2. The van der Waals surface area contributed by atoms with E-state index in [1.165, 1.54) is 0 Å². The van der Waals surface area contributed by atoms with E-state index < -0.39 is 0 Å². The predicted octanol–water partition coefficient (Wildman–Crippen LogP) is 3.07. The first-order valence-electron chi connectivity index (χ1n) is 8.88. The lowest BCUT2D eigenvalue weighted by Crippen LogP contribution is -2.34. The normalized spacial score (nSPS) is 11.8. The Kier molecular flexibility index (Phi) is 7.26. The molecular formula is C20H26N4O2. The third kappa shape index (κ3) is 6.27. The molecule has 2 rings (SSSR count). The molecule has 0 spiro atoms. The summed E-state index contributed by atoms with van der Waals surface area (Å²) in [4.78, 5) is 32.4. The second-order valence-electron chi connectivity index (χ2n) is 6.66. The highest BCUT2D eigenvalue weighted by molar-refractivity contribution is 5.93. The number of anilines is 1. The van der Waals surface area contributed by atoms with Gasteiger partial charge in [0.15, 0.2) is 0 Å². The second-order valence-corrected chi connectivity index (χ2v) is 6.66. The molecule has 1 unspecified atom stereocenters. The molecule has 1 aromatic carbocycles. The fraction of sp³-hybridized carbons (Fsp3) is 0.400. The van der Waals surface area contributed by atoms with Crippen molar-refractivity contribution in [3.63, 3.8) is 0 Å². The van der Waals surface area contributed by atoms with Crippen LogP contribution in [0.15, 0.2) is 42.9 Å². The third-order valence-electron chi connectivity index (χ3n) is 3.98. The van der Waals surface area contributed by atoms with Gasteiger partial charge in [0.25, 0.3) is 0 Å². The lowest BCUT2D eigenvalue weighted by molar-refractivity contribution is -0.124. The molecule has 138 valence electrons. The third-order valence-corrected chi connectivity index (χ3v) is 3.98. The summed E-state index contributed by atoms with van der Waals surface area (Å²) in [6.45, 7) is 6.07. The van der Waals surface area contributed by atoms with Crippen molar-refractivity contribution in [1.29, 1.82) is 0 Å². The molecule has 26 heavy (non-hydrogen) atoms. The standard InChI is InChI=1S/C20H26N4O2/c1-14(2)17-6-4-5-7-18(17)24-20(26)9-8-19(25)23-15(3)12-16-13-21-10-11-22-16/h4-7,10-11,13-15H,8-9,12H2,1-3H3,(H,23,25)(H,24,26). The van der Waals surface area contributed by atoms with Crippen LogP contribution in [-0.4, -0.2) is 27.8 Å². The zero-order valence-electron chi connectivity index (χ0n) is 15.5. The Labute approximate surface area is 154 Å². The molecule has 0 radical (unpaired) electrons. The number of aromatic nitrogens is 2. The van der Waals surface area contributed by atoms with Crippen LogP contribution in [-0.2, 0) is 16.0 Å². The van der Waals surface area contributed by atoms with Crippen molar-refractivity contribution in [3.05, 3.63) is 54.1 Å². The van der Waals surface area contributed by atoms with Crippen LogP contribution in [0.4, 0.5) is 5.69 Å². The average molecular weight is 354 g/mol. The van der Waals surface area contributed by atoms with Crippen LogP contribution < -0.4 is 10.6 Å². The van der Waals surface area contributed by atoms with Crippen LogP contribution in [0.25, 0.3) is 0 Å². The second kappa shape index (κ2) is 9.65. The number of hydrogen-bond donors (Lipinski definition) is 2. The minimum Gasteiger partial charge on any atom is -0.353 e. The van der Waals surface area contributed by atoms with Crippen molar-refractivity contribution in [2.24, 2.45) is 0 Å². The van der Waals surface area contributed by atoms with Crippen LogP contribution in [0.1, 0.15) is 50.8 Å². The summed E-state index contributed by atoms with van der Waals surface area (Å²) in [5, 5.41) is 5.79. The van der Waals surface area contributed by atoms with Crippen molar-refractivity contribution in [2.75, 3.05) is 5.32 Å². The quantitative estimate of drug-likeness (QED) is 0.763. The highest BCUT2D eigenvalue weighted by Crippen LogP contribution is 2.23. The Bertz CT molecular complexity index is 732. The fourth-order valence-electron chi connectivity index (χ4n) is 2.70. The molecule has 1 aromatic heterocycles. The van der Waals surface area contributed by atoms with Crippen LogP contribution >= 0.6 is 0 Å². The van der Waals surface area contributed by atoms with Gasteiger partial charge < -0.3 is 10.6 Å². The Hall–Kier alpha value is -2.76. The Morgan fingerprint density at radius 1 is 1.04 bits per heavy atom. The van der Waals surface area contributed by atoms with E-state index in [0.29, 0.717) is 12.3 Å². The van der Waals surface area contributed by atoms with Gasteiger partial charge in [-0.1, -0.05) is 32.0 Å². The van der Waals surface area contributed by atoms with Gasteiger partial charge in [0.1, 0.15) is 0 Å². The molecule has 0 aliphatic carbocycles. The molecular weight excluding hydrogens is 328 g/mol. The number of para-hydroxylation sites is 1. The number of rotatable bonds is 8. The van der Waals surface area contributed by atoms with E-state index >= 15 is 0 Å². The van der Waals surface area contributed by atoms with Crippen molar-refractivity contribution in [3.8, 4) is 0 Å². The first-order valence-corrected chi connectivity index (χ1v) is 8.88. The number of amides is 2. The minimum absolute atomic E-state index is 0.0658. The van der Waals surface area contributed by atoms with Gasteiger partial charge in [-0.3, -0.25) is 19.6 Å². The first kappa shape index (κ1) is 19.6. The monoisotopic (exact) mass is 354 g/mol. The highest BCUT2D eigenvalue weighted by Gasteiger charge is 2.13. The summed E-state index contributed by atoms with van der Waals surface area (Å²) in [6.07, 6.45) is 5.83. The summed E-state index contributed by atoms with van der Waals surface area (Å²) >= 11 is 0. The molecule has 2 N–H and O–H groups in total. The maximum Gasteiger partial charge on any atom is 0.224 e. The first-order chi connectivity index (χ1) is 12.5. The van der Waals surface area contributed by atoms with Gasteiger partial charge in [0, 0.05) is 49.6 Å². The topological polar surface area (TPSA) is 84.0 Å².